The quantitative estimate of drug-likeness (QED) is 0.357. The van der Waals surface area contributed by atoms with Gasteiger partial charge in [-0.3, -0.25) is 0 Å². The summed E-state index contributed by atoms with van der Waals surface area (Å²) in [7, 11) is 5.79. The third-order valence-electron chi connectivity index (χ3n) is 4.08. The number of nitrogens with one attached hydrogen (secondary N) is 2. The summed E-state index contributed by atoms with van der Waals surface area (Å²) in [5.41, 5.74) is 4.66. The lowest BCUT2D eigenvalue weighted by molar-refractivity contribution is 0.408. The van der Waals surface area contributed by atoms with Crippen LogP contribution in [0.4, 0.5) is 5.69 Å². The molecular weight excluding hydrogens is 451 g/mol. The molecule has 0 amide bonds. The van der Waals surface area contributed by atoms with Gasteiger partial charge >= 0.3 is 0 Å². The van der Waals surface area contributed by atoms with Crippen LogP contribution in [0.15, 0.2) is 47.5 Å². The average Bonchev–Trinajstić information content (AvgIpc) is 2.64. The van der Waals surface area contributed by atoms with E-state index in [1.807, 2.05) is 20.2 Å². The fourth-order valence-electron chi connectivity index (χ4n) is 2.62. The molecule has 0 spiro atoms. The first-order valence-corrected chi connectivity index (χ1v) is 8.95. The van der Waals surface area contributed by atoms with E-state index in [1.54, 1.807) is 7.11 Å². The number of aliphatic imine (C=N–C) groups is 1. The Morgan fingerprint density at radius 3 is 2.56 bits per heavy atom. The number of aryl methyl sites for hydroxylation is 1. The third kappa shape index (κ3) is 7.28. The normalized spacial score (nSPS) is 10.8. The van der Waals surface area contributed by atoms with Crippen LogP contribution in [0, 0.1) is 6.92 Å². The van der Waals surface area contributed by atoms with E-state index >= 15 is 0 Å². The molecule has 0 atom stereocenters. The van der Waals surface area contributed by atoms with E-state index in [-0.39, 0.29) is 24.0 Å². The minimum absolute atomic E-state index is 0. The molecule has 0 saturated heterocycles. The molecule has 2 aromatic rings. The second-order valence-corrected chi connectivity index (χ2v) is 6.43. The summed E-state index contributed by atoms with van der Waals surface area (Å²) in [6.07, 6.45) is 0. The van der Waals surface area contributed by atoms with Crippen LogP contribution >= 0.6 is 24.0 Å². The van der Waals surface area contributed by atoms with Gasteiger partial charge < -0.3 is 20.3 Å². The molecule has 0 aliphatic rings. The molecule has 0 bridgehead atoms. The summed E-state index contributed by atoms with van der Waals surface area (Å²) < 4.78 is 5.48. The van der Waals surface area contributed by atoms with Gasteiger partial charge in [0.2, 0.25) is 0 Å². The summed E-state index contributed by atoms with van der Waals surface area (Å²) in [5, 5.41) is 6.68. The van der Waals surface area contributed by atoms with Crippen LogP contribution in [-0.2, 0) is 13.1 Å². The highest BCUT2D eigenvalue weighted by molar-refractivity contribution is 14.0. The lowest BCUT2D eigenvalue weighted by Crippen LogP contribution is -2.36. The predicted molar refractivity (Wildman–Crippen MR) is 126 cm³/mol. The fraction of sp³-hybridized carbons (Fsp3) is 0.381. The van der Waals surface area contributed by atoms with Crippen molar-refractivity contribution in [1.29, 1.82) is 0 Å². The highest BCUT2D eigenvalue weighted by Crippen LogP contribution is 2.19. The van der Waals surface area contributed by atoms with Gasteiger partial charge in [0.25, 0.3) is 0 Å². The van der Waals surface area contributed by atoms with E-state index in [0.717, 1.165) is 23.8 Å². The van der Waals surface area contributed by atoms with Crippen molar-refractivity contribution in [2.75, 3.05) is 32.6 Å². The monoisotopic (exact) mass is 482 g/mol. The Labute approximate surface area is 180 Å². The van der Waals surface area contributed by atoms with E-state index in [4.69, 9.17) is 9.73 Å². The van der Waals surface area contributed by atoms with Crippen LogP contribution in [0.25, 0.3) is 0 Å². The zero-order valence-corrected chi connectivity index (χ0v) is 19.2. The van der Waals surface area contributed by atoms with E-state index in [2.05, 4.69) is 65.8 Å². The summed E-state index contributed by atoms with van der Waals surface area (Å²) in [4.78, 5) is 6.80. The first-order chi connectivity index (χ1) is 12.5. The molecule has 6 heteroatoms. The number of rotatable bonds is 7. The Morgan fingerprint density at radius 1 is 1.11 bits per heavy atom. The number of ether oxygens (including phenoxy) is 1. The van der Waals surface area contributed by atoms with Crippen LogP contribution in [0.1, 0.15) is 23.6 Å². The predicted octanol–water partition coefficient (Wildman–Crippen LogP) is 3.94. The van der Waals surface area contributed by atoms with Gasteiger partial charge in [-0.05, 0) is 43.2 Å². The van der Waals surface area contributed by atoms with Crippen molar-refractivity contribution < 1.29 is 4.74 Å². The maximum Gasteiger partial charge on any atom is 0.191 e. The maximum atomic E-state index is 5.48. The number of anilines is 1. The molecule has 0 unspecified atom stereocenters. The molecule has 5 nitrogen and oxygen atoms in total. The Morgan fingerprint density at radius 2 is 1.89 bits per heavy atom. The van der Waals surface area contributed by atoms with Crippen LogP contribution in [0.3, 0.4) is 0 Å². The molecule has 0 saturated carbocycles. The van der Waals surface area contributed by atoms with Crippen molar-refractivity contribution in [3.05, 3.63) is 59.2 Å². The molecule has 148 valence electrons. The Balaban J connectivity index is 0.00000364. The van der Waals surface area contributed by atoms with Crippen LogP contribution in [0.2, 0.25) is 0 Å². The molecule has 0 fully saturated rings. The molecule has 2 rings (SSSR count). The zero-order valence-electron chi connectivity index (χ0n) is 16.9. The topological polar surface area (TPSA) is 48.9 Å². The molecular formula is C21H31IN4O. The second-order valence-electron chi connectivity index (χ2n) is 6.43. The number of hydrogen-bond acceptors (Lipinski definition) is 3. The molecule has 0 aliphatic carbocycles. The minimum atomic E-state index is 0. The van der Waals surface area contributed by atoms with Gasteiger partial charge in [-0.1, -0.05) is 24.3 Å². The smallest absolute Gasteiger partial charge is 0.191 e. The van der Waals surface area contributed by atoms with Gasteiger partial charge in [-0.2, -0.15) is 0 Å². The molecule has 2 aromatic carbocycles. The van der Waals surface area contributed by atoms with Gasteiger partial charge in [-0.25, -0.2) is 4.99 Å². The summed E-state index contributed by atoms with van der Waals surface area (Å²) in [6.45, 7) is 6.23. The SMILES string of the molecule is CCNC(=NCc1cccc(N(C)C)c1)NCc1ccc(C)cc1OC.I. The molecule has 0 aromatic heterocycles. The summed E-state index contributed by atoms with van der Waals surface area (Å²) in [5.74, 6) is 1.69. The Hall–Kier alpha value is -1.96. The standard InChI is InChI=1S/C21H30N4O.HI/c1-6-22-21(23-14-17-8-7-9-19(13-17)25(3)4)24-15-18-11-10-16(2)12-20(18)26-5;/h7-13H,6,14-15H2,1-5H3,(H2,22,23,24);1H. The first kappa shape index (κ1) is 23.1. The maximum absolute atomic E-state index is 5.48. The van der Waals surface area contributed by atoms with E-state index < -0.39 is 0 Å². The van der Waals surface area contributed by atoms with Crippen LogP contribution < -0.4 is 20.3 Å². The lowest BCUT2D eigenvalue weighted by atomic mass is 10.1. The summed E-state index contributed by atoms with van der Waals surface area (Å²) >= 11 is 0. The van der Waals surface area contributed by atoms with Crippen molar-refractivity contribution in [2.45, 2.75) is 26.9 Å². The van der Waals surface area contributed by atoms with E-state index in [0.29, 0.717) is 13.1 Å². The van der Waals surface area contributed by atoms with Gasteiger partial charge in [-0.15, -0.1) is 24.0 Å². The van der Waals surface area contributed by atoms with Crippen molar-refractivity contribution in [1.82, 2.24) is 10.6 Å². The van der Waals surface area contributed by atoms with Gasteiger partial charge in [0.05, 0.1) is 13.7 Å². The minimum Gasteiger partial charge on any atom is -0.496 e. The largest absolute Gasteiger partial charge is 0.496 e. The van der Waals surface area contributed by atoms with Crippen molar-refractivity contribution in [3.63, 3.8) is 0 Å². The average molecular weight is 482 g/mol. The number of halogens is 1. The fourth-order valence-corrected chi connectivity index (χ4v) is 2.62. The highest BCUT2D eigenvalue weighted by Gasteiger charge is 2.05. The Bertz CT molecular complexity index is 747. The van der Waals surface area contributed by atoms with Gasteiger partial charge in [0.15, 0.2) is 5.96 Å². The second kappa shape index (κ2) is 11.7. The van der Waals surface area contributed by atoms with Crippen LogP contribution in [0.5, 0.6) is 5.75 Å². The molecule has 0 radical (unpaired) electrons. The molecule has 27 heavy (non-hydrogen) atoms. The van der Waals surface area contributed by atoms with Crippen molar-refractivity contribution >= 4 is 35.6 Å². The molecule has 0 aliphatic heterocycles. The molecule has 0 heterocycles. The van der Waals surface area contributed by atoms with Crippen LogP contribution in [-0.4, -0.2) is 33.7 Å². The summed E-state index contributed by atoms with van der Waals surface area (Å²) in [6, 6.07) is 14.7. The van der Waals surface area contributed by atoms with Crippen molar-refractivity contribution in [3.8, 4) is 5.75 Å². The first-order valence-electron chi connectivity index (χ1n) is 8.95. The number of methoxy groups -OCH3 is 1. The lowest BCUT2D eigenvalue weighted by Gasteiger charge is -2.15. The van der Waals surface area contributed by atoms with E-state index in [9.17, 15) is 0 Å². The van der Waals surface area contributed by atoms with Gasteiger partial charge in [0.1, 0.15) is 5.75 Å². The van der Waals surface area contributed by atoms with E-state index in [1.165, 1.54) is 16.8 Å². The number of guanidine groups is 1. The number of hydrogen-bond donors (Lipinski definition) is 2. The number of nitrogens with zero attached hydrogens (tertiary/aromatic N) is 2. The zero-order chi connectivity index (χ0) is 18.9. The molecule has 2 N–H and O–H groups in total. The highest BCUT2D eigenvalue weighted by atomic mass is 127. The number of benzene rings is 2. The van der Waals surface area contributed by atoms with Crippen molar-refractivity contribution in [2.24, 2.45) is 4.99 Å². The third-order valence-corrected chi connectivity index (χ3v) is 4.08. The Kier molecular flexibility index (Phi) is 9.99. The van der Waals surface area contributed by atoms with Gasteiger partial charge in [0, 0.05) is 38.4 Å².